The number of sulfonamides is 1. The molecular formula is C22H25N3O5S3. The Morgan fingerprint density at radius 2 is 2.09 bits per heavy atom. The van der Waals surface area contributed by atoms with Crippen LogP contribution in [-0.2, 0) is 30.9 Å². The van der Waals surface area contributed by atoms with Crippen LogP contribution in [0.4, 0.5) is 0 Å². The summed E-state index contributed by atoms with van der Waals surface area (Å²) in [7, 11) is -3.62. The van der Waals surface area contributed by atoms with Crippen LogP contribution in [0, 0.1) is 12.8 Å². The van der Waals surface area contributed by atoms with Gasteiger partial charge in [0.25, 0.3) is 15.9 Å². The van der Waals surface area contributed by atoms with E-state index < -0.39 is 21.9 Å². The molecule has 4 rings (SSSR count). The number of aromatic nitrogens is 1. The number of hydrogen-bond donors (Lipinski definition) is 0. The van der Waals surface area contributed by atoms with Gasteiger partial charge in [-0.25, -0.2) is 8.42 Å². The molecule has 0 radical (unpaired) electrons. The van der Waals surface area contributed by atoms with Gasteiger partial charge in [-0.05, 0) is 55.8 Å². The van der Waals surface area contributed by atoms with Gasteiger partial charge < -0.3 is 9.30 Å². The molecule has 1 fully saturated rings. The van der Waals surface area contributed by atoms with Crippen molar-refractivity contribution in [1.29, 1.82) is 0 Å². The van der Waals surface area contributed by atoms with Crippen LogP contribution in [0.5, 0.6) is 0 Å². The van der Waals surface area contributed by atoms with Crippen LogP contribution >= 0.6 is 22.7 Å². The number of thiophene rings is 1. The zero-order valence-electron chi connectivity index (χ0n) is 18.4. The normalized spacial score (nSPS) is 18.0. The lowest BCUT2D eigenvalue weighted by Crippen LogP contribution is -2.42. The van der Waals surface area contributed by atoms with Crippen LogP contribution in [0.2, 0.25) is 0 Å². The lowest BCUT2D eigenvalue weighted by Gasteiger charge is -2.29. The molecule has 0 aliphatic carbocycles. The van der Waals surface area contributed by atoms with Crippen LogP contribution in [0.3, 0.4) is 0 Å². The molecule has 0 spiro atoms. The second-order valence-corrected chi connectivity index (χ2v) is 12.0. The van der Waals surface area contributed by atoms with Crippen molar-refractivity contribution in [2.75, 3.05) is 19.7 Å². The molecule has 2 aromatic heterocycles. The third-order valence-corrected chi connectivity index (χ3v) is 9.74. The minimum Gasteiger partial charge on any atom is -0.465 e. The van der Waals surface area contributed by atoms with Crippen molar-refractivity contribution in [3.63, 3.8) is 0 Å². The SMILES string of the molecule is CCOC(=O)Cn1c(=NC(=O)C2CCCN(S(=O)(=O)c3cccs3)C2)sc2cc(C)ccc21. The molecule has 1 unspecified atom stereocenters. The number of carbonyl (C=O) groups is 2. The Labute approximate surface area is 200 Å². The predicted octanol–water partition coefficient (Wildman–Crippen LogP) is 3.16. The summed E-state index contributed by atoms with van der Waals surface area (Å²) in [4.78, 5) is 30.1. The van der Waals surface area contributed by atoms with Gasteiger partial charge in [-0.1, -0.05) is 23.5 Å². The molecule has 1 amide bonds. The molecule has 0 saturated carbocycles. The van der Waals surface area contributed by atoms with Crippen LogP contribution in [0.1, 0.15) is 25.3 Å². The van der Waals surface area contributed by atoms with Gasteiger partial charge in [0.05, 0.1) is 22.7 Å². The topological polar surface area (TPSA) is 98.0 Å². The van der Waals surface area contributed by atoms with E-state index in [9.17, 15) is 18.0 Å². The number of rotatable bonds is 6. The van der Waals surface area contributed by atoms with Crippen molar-refractivity contribution in [3.05, 3.63) is 46.1 Å². The van der Waals surface area contributed by atoms with Gasteiger partial charge in [0.2, 0.25) is 0 Å². The molecule has 3 heterocycles. The highest BCUT2D eigenvalue weighted by molar-refractivity contribution is 7.91. The first-order valence-corrected chi connectivity index (χ1v) is 13.8. The summed E-state index contributed by atoms with van der Waals surface area (Å²) in [5, 5.41) is 1.72. The Balaban J connectivity index is 1.64. The Morgan fingerprint density at radius 3 is 2.82 bits per heavy atom. The van der Waals surface area contributed by atoms with E-state index in [1.54, 1.807) is 29.0 Å². The first kappa shape index (κ1) is 23.8. The standard InChI is InChI=1S/C22H25N3O5S3/c1-3-30-19(26)14-25-17-9-8-15(2)12-18(17)32-22(25)23-21(27)16-6-4-10-24(13-16)33(28,29)20-7-5-11-31-20/h5,7-9,11-12,16H,3-4,6,10,13-14H2,1-2H3. The fourth-order valence-corrected chi connectivity index (χ4v) is 7.64. The number of nitrogens with zero attached hydrogens (tertiary/aromatic N) is 3. The number of amides is 1. The van der Waals surface area contributed by atoms with Gasteiger partial charge in [-0.3, -0.25) is 9.59 Å². The summed E-state index contributed by atoms with van der Waals surface area (Å²) in [5.41, 5.74) is 1.86. The highest BCUT2D eigenvalue weighted by atomic mass is 32.2. The number of esters is 1. The van der Waals surface area contributed by atoms with E-state index in [-0.39, 0.29) is 29.8 Å². The van der Waals surface area contributed by atoms with Crippen molar-refractivity contribution in [3.8, 4) is 0 Å². The van der Waals surface area contributed by atoms with Crippen molar-refractivity contribution in [2.24, 2.45) is 10.9 Å². The molecule has 0 N–H and O–H groups in total. The van der Waals surface area contributed by atoms with E-state index in [4.69, 9.17) is 4.74 Å². The van der Waals surface area contributed by atoms with Gasteiger partial charge in [0.1, 0.15) is 10.8 Å². The monoisotopic (exact) mass is 507 g/mol. The summed E-state index contributed by atoms with van der Waals surface area (Å²) < 4.78 is 35.2. The summed E-state index contributed by atoms with van der Waals surface area (Å²) >= 11 is 2.50. The molecular weight excluding hydrogens is 482 g/mol. The van der Waals surface area contributed by atoms with Crippen molar-refractivity contribution < 1.29 is 22.7 Å². The number of benzene rings is 1. The minimum atomic E-state index is -3.62. The van der Waals surface area contributed by atoms with E-state index in [0.717, 1.165) is 15.8 Å². The summed E-state index contributed by atoms with van der Waals surface area (Å²) in [6.45, 7) is 4.42. The zero-order valence-corrected chi connectivity index (χ0v) is 20.8. The smallest absolute Gasteiger partial charge is 0.326 e. The highest BCUT2D eigenvalue weighted by Crippen LogP contribution is 2.27. The van der Waals surface area contributed by atoms with E-state index >= 15 is 0 Å². The molecule has 1 aliphatic heterocycles. The molecule has 1 aliphatic rings. The Bertz CT molecular complexity index is 1340. The fourth-order valence-electron chi connectivity index (χ4n) is 3.84. The number of ether oxygens (including phenoxy) is 1. The summed E-state index contributed by atoms with van der Waals surface area (Å²) in [6.07, 6.45) is 1.16. The average molecular weight is 508 g/mol. The first-order valence-electron chi connectivity index (χ1n) is 10.7. The van der Waals surface area contributed by atoms with Crippen LogP contribution in [-0.4, -0.2) is 48.9 Å². The number of fused-ring (bicyclic) bond motifs is 1. The molecule has 0 bridgehead atoms. The molecule has 1 aromatic carbocycles. The van der Waals surface area contributed by atoms with Gasteiger partial charge in [-0.15, -0.1) is 11.3 Å². The minimum absolute atomic E-state index is 0.0490. The zero-order chi connectivity index (χ0) is 23.6. The third-order valence-electron chi connectivity index (χ3n) is 5.46. The quantitative estimate of drug-likeness (QED) is 0.478. The Morgan fingerprint density at radius 1 is 1.27 bits per heavy atom. The van der Waals surface area contributed by atoms with E-state index in [1.807, 2.05) is 25.1 Å². The van der Waals surface area contributed by atoms with Crippen LogP contribution in [0.25, 0.3) is 10.2 Å². The third kappa shape index (κ3) is 5.11. The maximum atomic E-state index is 13.1. The predicted molar refractivity (Wildman–Crippen MR) is 128 cm³/mol. The van der Waals surface area contributed by atoms with Gasteiger partial charge in [0.15, 0.2) is 4.80 Å². The first-order chi connectivity index (χ1) is 15.8. The van der Waals surface area contributed by atoms with E-state index in [1.165, 1.54) is 27.0 Å². The Hall–Kier alpha value is -2.34. The largest absolute Gasteiger partial charge is 0.465 e. The number of thiazole rings is 1. The Kier molecular flexibility index (Phi) is 7.13. The molecule has 3 aromatic rings. The second-order valence-electron chi connectivity index (χ2n) is 7.83. The fraction of sp³-hybridized carbons (Fsp3) is 0.409. The van der Waals surface area contributed by atoms with Crippen molar-refractivity contribution in [1.82, 2.24) is 8.87 Å². The van der Waals surface area contributed by atoms with Crippen LogP contribution < -0.4 is 4.80 Å². The van der Waals surface area contributed by atoms with Gasteiger partial charge >= 0.3 is 5.97 Å². The van der Waals surface area contributed by atoms with Crippen molar-refractivity contribution in [2.45, 2.75) is 37.4 Å². The lowest BCUT2D eigenvalue weighted by atomic mass is 9.99. The maximum absolute atomic E-state index is 13.1. The van der Waals surface area contributed by atoms with Gasteiger partial charge in [0, 0.05) is 13.1 Å². The van der Waals surface area contributed by atoms with Crippen molar-refractivity contribution >= 4 is 54.8 Å². The number of hydrogen-bond acceptors (Lipinski definition) is 7. The highest BCUT2D eigenvalue weighted by Gasteiger charge is 2.33. The van der Waals surface area contributed by atoms with Crippen LogP contribution in [0.15, 0.2) is 44.9 Å². The summed E-state index contributed by atoms with van der Waals surface area (Å²) in [6, 6.07) is 9.11. The molecule has 1 saturated heterocycles. The van der Waals surface area contributed by atoms with Gasteiger partial charge in [-0.2, -0.15) is 9.30 Å². The molecule has 8 nitrogen and oxygen atoms in total. The molecule has 33 heavy (non-hydrogen) atoms. The number of carbonyl (C=O) groups excluding carboxylic acids is 2. The number of piperidine rings is 1. The maximum Gasteiger partial charge on any atom is 0.326 e. The molecule has 11 heteroatoms. The molecule has 1 atom stereocenters. The van der Waals surface area contributed by atoms with E-state index in [0.29, 0.717) is 24.2 Å². The lowest BCUT2D eigenvalue weighted by molar-refractivity contribution is -0.143. The van der Waals surface area contributed by atoms with E-state index in [2.05, 4.69) is 4.99 Å². The summed E-state index contributed by atoms with van der Waals surface area (Å²) in [5.74, 6) is -1.31. The number of aryl methyl sites for hydroxylation is 1. The molecule has 176 valence electrons. The average Bonchev–Trinajstić information content (AvgIpc) is 3.43. The second kappa shape index (κ2) is 9.88.